The van der Waals surface area contributed by atoms with E-state index < -0.39 is 0 Å². The molecule has 2 heterocycles. The molecule has 2 aromatic rings. The maximum absolute atomic E-state index is 3.14. The molecule has 0 amide bonds. The molecule has 0 radical (unpaired) electrons. The molecule has 1 N–H and O–H groups in total. The van der Waals surface area contributed by atoms with E-state index in [0.717, 1.165) is 0 Å². The normalized spacial score (nSPS) is 13.7. The molecular formula is C12H9NS. The van der Waals surface area contributed by atoms with Crippen LogP contribution in [0, 0.1) is 0 Å². The summed E-state index contributed by atoms with van der Waals surface area (Å²) in [5, 5.41) is 5.81. The Morgan fingerprint density at radius 3 is 3.07 bits per heavy atom. The fourth-order valence-electron chi connectivity index (χ4n) is 1.69. The lowest BCUT2D eigenvalue weighted by molar-refractivity contribution is 1.29. The van der Waals surface area contributed by atoms with Crippen LogP contribution in [0.1, 0.15) is 0 Å². The Labute approximate surface area is 85.7 Å². The third kappa shape index (κ3) is 1.08. The van der Waals surface area contributed by atoms with Gasteiger partial charge in [-0.15, -0.1) is 11.3 Å². The summed E-state index contributed by atoms with van der Waals surface area (Å²) in [5.74, 6) is 0. The van der Waals surface area contributed by atoms with Crippen LogP contribution in [-0.2, 0) is 0 Å². The van der Waals surface area contributed by atoms with Gasteiger partial charge in [0.25, 0.3) is 0 Å². The highest BCUT2D eigenvalue weighted by molar-refractivity contribution is 7.17. The zero-order valence-corrected chi connectivity index (χ0v) is 8.34. The molecule has 14 heavy (non-hydrogen) atoms. The highest BCUT2D eigenvalue weighted by atomic mass is 32.1. The molecule has 3 rings (SSSR count). The molecule has 1 aromatic heterocycles. The summed E-state index contributed by atoms with van der Waals surface area (Å²) < 4.78 is 2.65. The number of benzene rings is 1. The maximum Gasteiger partial charge on any atom is 0.0515 e. The molecule has 1 aliphatic heterocycles. The quantitative estimate of drug-likeness (QED) is 0.678. The number of thiophene rings is 1. The van der Waals surface area contributed by atoms with Gasteiger partial charge in [0.1, 0.15) is 0 Å². The minimum absolute atomic E-state index is 1.30. The van der Waals surface area contributed by atoms with Gasteiger partial charge < -0.3 is 5.32 Å². The van der Waals surface area contributed by atoms with Crippen molar-refractivity contribution in [1.29, 1.82) is 0 Å². The van der Waals surface area contributed by atoms with Gasteiger partial charge in [-0.25, -0.2) is 0 Å². The third-order valence-corrected chi connectivity index (χ3v) is 3.47. The first kappa shape index (κ1) is 7.83. The largest absolute Gasteiger partial charge is 0.366 e. The van der Waals surface area contributed by atoms with Crippen LogP contribution in [0.15, 0.2) is 36.5 Å². The molecular weight excluding hydrogens is 190 g/mol. The maximum atomic E-state index is 3.14. The van der Waals surface area contributed by atoms with E-state index in [9.17, 15) is 0 Å². The highest BCUT2D eigenvalue weighted by Gasteiger charge is 1.99. The fourth-order valence-corrected chi connectivity index (χ4v) is 2.77. The van der Waals surface area contributed by atoms with Gasteiger partial charge in [0.15, 0.2) is 0 Å². The first-order chi connectivity index (χ1) is 6.95. The minimum atomic E-state index is 1.30. The van der Waals surface area contributed by atoms with E-state index >= 15 is 0 Å². The molecule has 0 saturated carbocycles. The first-order valence-electron chi connectivity index (χ1n) is 4.56. The molecule has 0 spiro atoms. The molecule has 1 aliphatic rings. The lowest BCUT2D eigenvalue weighted by Crippen LogP contribution is -2.19. The second-order valence-electron chi connectivity index (χ2n) is 3.21. The van der Waals surface area contributed by atoms with Crippen LogP contribution in [0.3, 0.4) is 0 Å². The molecule has 1 nitrogen and oxygen atoms in total. The first-order valence-corrected chi connectivity index (χ1v) is 5.37. The third-order valence-electron chi connectivity index (χ3n) is 2.33. The average Bonchev–Trinajstić information content (AvgIpc) is 2.42. The second-order valence-corrected chi connectivity index (χ2v) is 4.30. The average molecular weight is 199 g/mol. The van der Waals surface area contributed by atoms with Gasteiger partial charge in [0.2, 0.25) is 0 Å². The fraction of sp³-hybridized carbons (Fsp3) is 0. The number of fused-ring (bicyclic) bond motifs is 3. The zero-order valence-electron chi connectivity index (χ0n) is 7.53. The van der Waals surface area contributed by atoms with Crippen LogP contribution in [0.5, 0.6) is 0 Å². The van der Waals surface area contributed by atoms with Crippen molar-refractivity contribution < 1.29 is 0 Å². The predicted octanol–water partition coefficient (Wildman–Crippen LogP) is 1.54. The Morgan fingerprint density at radius 2 is 2.07 bits per heavy atom. The van der Waals surface area contributed by atoms with Crippen molar-refractivity contribution in [2.24, 2.45) is 0 Å². The van der Waals surface area contributed by atoms with Crippen molar-refractivity contribution in [2.75, 3.05) is 0 Å². The van der Waals surface area contributed by atoms with Crippen LogP contribution in [-0.4, -0.2) is 0 Å². The van der Waals surface area contributed by atoms with E-state index in [4.69, 9.17) is 0 Å². The SMILES string of the molecule is C1=CNC=c2sc3ccccc3c2=C1. The van der Waals surface area contributed by atoms with Crippen molar-refractivity contribution >= 4 is 33.7 Å². The van der Waals surface area contributed by atoms with E-state index in [2.05, 4.69) is 41.9 Å². The van der Waals surface area contributed by atoms with Gasteiger partial charge in [-0.05, 0) is 12.1 Å². The van der Waals surface area contributed by atoms with Crippen molar-refractivity contribution in [2.45, 2.75) is 0 Å². The topological polar surface area (TPSA) is 12.0 Å². The van der Waals surface area contributed by atoms with Crippen molar-refractivity contribution in [3.05, 3.63) is 46.3 Å². The Hall–Kier alpha value is -1.54. The van der Waals surface area contributed by atoms with Gasteiger partial charge in [0.05, 0.1) is 4.53 Å². The second kappa shape index (κ2) is 3.00. The van der Waals surface area contributed by atoms with Crippen molar-refractivity contribution in [3.63, 3.8) is 0 Å². The summed E-state index contributed by atoms with van der Waals surface area (Å²) in [6.07, 6.45) is 8.20. The van der Waals surface area contributed by atoms with Crippen LogP contribution in [0.25, 0.3) is 22.4 Å². The van der Waals surface area contributed by atoms with Gasteiger partial charge in [0, 0.05) is 27.7 Å². The predicted molar refractivity (Wildman–Crippen MR) is 62.3 cm³/mol. The van der Waals surface area contributed by atoms with Crippen molar-refractivity contribution in [1.82, 2.24) is 5.32 Å². The highest BCUT2D eigenvalue weighted by Crippen LogP contribution is 2.12. The van der Waals surface area contributed by atoms with Gasteiger partial charge in [-0.2, -0.15) is 0 Å². The van der Waals surface area contributed by atoms with Crippen molar-refractivity contribution in [3.8, 4) is 0 Å². The van der Waals surface area contributed by atoms with E-state index in [1.54, 1.807) is 0 Å². The summed E-state index contributed by atoms with van der Waals surface area (Å²) in [7, 11) is 0. The van der Waals surface area contributed by atoms with E-state index in [1.807, 2.05) is 23.6 Å². The smallest absolute Gasteiger partial charge is 0.0515 e. The number of hydrogen-bond acceptors (Lipinski definition) is 2. The Kier molecular flexibility index (Phi) is 1.67. The molecule has 0 saturated heterocycles. The molecule has 0 aliphatic carbocycles. The number of rotatable bonds is 0. The molecule has 2 heteroatoms. The van der Waals surface area contributed by atoms with E-state index in [1.165, 1.54) is 19.8 Å². The molecule has 68 valence electrons. The number of allylic oxidation sites excluding steroid dienone is 1. The lowest BCUT2D eigenvalue weighted by Gasteiger charge is -1.85. The summed E-state index contributed by atoms with van der Waals surface area (Å²) in [6, 6.07) is 8.51. The minimum Gasteiger partial charge on any atom is -0.366 e. The molecule has 0 atom stereocenters. The standard InChI is InChI=1S/C12H9NS/c1-2-6-11-9(4-1)10-5-3-7-13-8-12(10)14-11/h1-8,13H. The summed E-state index contributed by atoms with van der Waals surface area (Å²) in [4.78, 5) is 0. The lowest BCUT2D eigenvalue weighted by atomic mass is 10.2. The number of hydrogen-bond donors (Lipinski definition) is 1. The van der Waals surface area contributed by atoms with Gasteiger partial charge in [-0.1, -0.05) is 24.3 Å². The molecule has 0 bridgehead atoms. The molecule has 0 fully saturated rings. The molecule has 1 aromatic carbocycles. The Morgan fingerprint density at radius 1 is 1.14 bits per heavy atom. The molecule has 0 unspecified atom stereocenters. The Balaban J connectivity index is 2.59. The summed E-state index contributed by atoms with van der Waals surface area (Å²) in [5.41, 5.74) is 0. The van der Waals surface area contributed by atoms with Crippen LogP contribution < -0.4 is 15.1 Å². The van der Waals surface area contributed by atoms with E-state index in [-0.39, 0.29) is 0 Å². The number of nitrogens with one attached hydrogen (secondary N) is 1. The summed E-state index contributed by atoms with van der Waals surface area (Å²) in [6.45, 7) is 0. The van der Waals surface area contributed by atoms with Crippen LogP contribution >= 0.6 is 11.3 Å². The monoisotopic (exact) mass is 199 g/mol. The summed E-state index contributed by atoms with van der Waals surface area (Å²) >= 11 is 1.82. The van der Waals surface area contributed by atoms with Crippen LogP contribution in [0.4, 0.5) is 0 Å². The zero-order chi connectivity index (χ0) is 9.38. The van der Waals surface area contributed by atoms with E-state index in [0.29, 0.717) is 0 Å². The van der Waals surface area contributed by atoms with Gasteiger partial charge >= 0.3 is 0 Å². The van der Waals surface area contributed by atoms with Gasteiger partial charge in [-0.3, -0.25) is 0 Å². The Bertz CT molecular complexity index is 619. The van der Waals surface area contributed by atoms with Crippen LogP contribution in [0.2, 0.25) is 0 Å².